The van der Waals surface area contributed by atoms with Gasteiger partial charge in [0.2, 0.25) is 5.91 Å². The van der Waals surface area contributed by atoms with E-state index in [0.717, 1.165) is 103 Å². The third kappa shape index (κ3) is 41.3. The molecule has 0 aliphatic carbocycles. The van der Waals surface area contributed by atoms with Crippen molar-refractivity contribution in [2.75, 3.05) is 19.8 Å². The number of aliphatic hydroxyl groups excluding tert-OH is 5. The Morgan fingerprint density at radius 1 is 0.500 bits per heavy atom. The molecule has 1 aliphatic heterocycles. The van der Waals surface area contributed by atoms with Gasteiger partial charge in [0.25, 0.3) is 0 Å². The van der Waals surface area contributed by atoms with Crippen molar-refractivity contribution in [1.82, 2.24) is 5.32 Å². The zero-order chi connectivity index (χ0) is 53.8. The van der Waals surface area contributed by atoms with Gasteiger partial charge in [-0.05, 0) is 103 Å². The first-order chi connectivity index (χ1) is 36.2. The number of unbranched alkanes of at least 4 members (excludes halogenated alkanes) is 27. The summed E-state index contributed by atoms with van der Waals surface area (Å²) in [6.45, 7) is 4.20. The Morgan fingerprint density at radius 2 is 0.932 bits per heavy atom. The summed E-state index contributed by atoms with van der Waals surface area (Å²) in [4.78, 5) is 25.0. The SMILES string of the molecule is CCCC/C=C\C/C=C\CCCCCCCC(=O)OCCCCCCCCCCC/C=C\C/C=C\CCCCCCCCCC(=O)NC(COC1OC(CO)C(O)C(O)C1O)C(O)/C=C/CC/C=C/CCCCC. The smallest absolute Gasteiger partial charge is 0.305 e. The Bertz CT molecular complexity index is 1460. The average Bonchev–Trinajstić information content (AvgIpc) is 3.40. The van der Waals surface area contributed by atoms with E-state index in [4.69, 9.17) is 14.2 Å². The lowest BCUT2D eigenvalue weighted by Gasteiger charge is -2.40. The largest absolute Gasteiger partial charge is 0.466 e. The standard InChI is InChI=1S/C63H111NO10/c1-3-5-7-9-11-13-14-15-28-31-35-39-43-47-51-59(68)72-52-48-44-40-36-32-29-26-24-22-20-18-16-17-19-21-23-25-27-30-34-38-42-46-50-58(67)64-55(56(66)49-45-41-37-33-12-10-8-6-4-2)54-73-63-62(71)61(70)60(69)57(53-65)74-63/h9,11-12,14-16,18-19,21,33,45,49,55-57,60-63,65-66,69-71H,3-8,10,13,17,20,22-32,34-44,46-48,50-54H2,1-2H3,(H,64,67)/b11-9-,15-14-,18-16-,21-19-,33-12+,49-45+. The third-order valence-corrected chi connectivity index (χ3v) is 13.8. The molecule has 0 spiro atoms. The minimum atomic E-state index is -1.58. The van der Waals surface area contributed by atoms with Crippen molar-refractivity contribution in [2.45, 2.75) is 294 Å². The van der Waals surface area contributed by atoms with Gasteiger partial charge in [0.05, 0.1) is 32.0 Å². The first-order valence-electron chi connectivity index (χ1n) is 30.2. The molecule has 1 aliphatic rings. The molecule has 0 aromatic carbocycles. The van der Waals surface area contributed by atoms with E-state index in [1.54, 1.807) is 6.08 Å². The quantitative estimate of drug-likeness (QED) is 0.0195. The number of amides is 1. The van der Waals surface area contributed by atoms with Crippen molar-refractivity contribution in [1.29, 1.82) is 0 Å². The number of allylic oxidation sites excluding steroid dienone is 11. The predicted molar refractivity (Wildman–Crippen MR) is 306 cm³/mol. The fourth-order valence-electron chi connectivity index (χ4n) is 8.91. The summed E-state index contributed by atoms with van der Waals surface area (Å²) in [7, 11) is 0. The molecule has 0 aromatic rings. The van der Waals surface area contributed by atoms with Crippen molar-refractivity contribution in [3.05, 3.63) is 72.9 Å². The van der Waals surface area contributed by atoms with Crippen LogP contribution in [0.5, 0.6) is 0 Å². The summed E-state index contributed by atoms with van der Waals surface area (Å²) in [5.41, 5.74) is 0. The van der Waals surface area contributed by atoms with Crippen LogP contribution in [0.25, 0.3) is 0 Å². The van der Waals surface area contributed by atoms with E-state index in [1.165, 1.54) is 122 Å². The fraction of sp³-hybridized carbons (Fsp3) is 0.778. The van der Waals surface area contributed by atoms with Gasteiger partial charge < -0.3 is 45.1 Å². The summed E-state index contributed by atoms with van der Waals surface area (Å²) in [6, 6.07) is -0.835. The second kappa shape index (κ2) is 52.2. The zero-order valence-corrected chi connectivity index (χ0v) is 47.0. The summed E-state index contributed by atoms with van der Waals surface area (Å²) in [5, 5.41) is 54.1. The number of carbonyl (C=O) groups excluding carboxylic acids is 2. The third-order valence-electron chi connectivity index (χ3n) is 13.8. The number of aliphatic hydroxyl groups is 5. The highest BCUT2D eigenvalue weighted by molar-refractivity contribution is 5.76. The Morgan fingerprint density at radius 3 is 1.46 bits per heavy atom. The van der Waals surface area contributed by atoms with Gasteiger partial charge in [-0.3, -0.25) is 9.59 Å². The lowest BCUT2D eigenvalue weighted by Crippen LogP contribution is -2.60. The molecule has 11 nitrogen and oxygen atoms in total. The van der Waals surface area contributed by atoms with Crippen LogP contribution in [-0.4, -0.2) is 100 Å². The van der Waals surface area contributed by atoms with Crippen molar-refractivity contribution in [2.24, 2.45) is 0 Å². The number of ether oxygens (including phenoxy) is 3. The van der Waals surface area contributed by atoms with Crippen molar-refractivity contribution >= 4 is 11.9 Å². The van der Waals surface area contributed by atoms with Crippen molar-refractivity contribution < 1.29 is 49.3 Å². The zero-order valence-electron chi connectivity index (χ0n) is 47.0. The normalized spacial score (nSPS) is 19.4. The van der Waals surface area contributed by atoms with Crippen LogP contribution in [0.1, 0.15) is 251 Å². The molecule has 0 saturated carbocycles. The Hall–Kier alpha value is -2.90. The number of carbonyl (C=O) groups is 2. The maximum atomic E-state index is 13.0. The Kier molecular flexibility index (Phi) is 48.7. The summed E-state index contributed by atoms with van der Waals surface area (Å²) < 4.78 is 16.6. The van der Waals surface area contributed by atoms with Crippen LogP contribution in [0.2, 0.25) is 0 Å². The van der Waals surface area contributed by atoms with Gasteiger partial charge in [-0.25, -0.2) is 0 Å². The van der Waals surface area contributed by atoms with Crippen LogP contribution in [0, 0.1) is 0 Å². The first-order valence-corrected chi connectivity index (χ1v) is 30.2. The molecule has 0 radical (unpaired) electrons. The molecular weight excluding hydrogens is 931 g/mol. The average molecular weight is 1040 g/mol. The molecule has 0 bridgehead atoms. The molecule has 7 unspecified atom stereocenters. The first kappa shape index (κ1) is 69.1. The van der Waals surface area contributed by atoms with E-state index in [2.05, 4.69) is 79.9 Å². The van der Waals surface area contributed by atoms with Gasteiger partial charge in [-0.1, -0.05) is 209 Å². The van der Waals surface area contributed by atoms with E-state index in [0.29, 0.717) is 19.4 Å². The molecular formula is C63H111NO10. The van der Waals surface area contributed by atoms with Crippen LogP contribution in [0.15, 0.2) is 72.9 Å². The van der Waals surface area contributed by atoms with Gasteiger partial charge in [-0.15, -0.1) is 0 Å². The highest BCUT2D eigenvalue weighted by atomic mass is 16.7. The van der Waals surface area contributed by atoms with E-state index in [-0.39, 0.29) is 18.5 Å². The van der Waals surface area contributed by atoms with E-state index < -0.39 is 49.5 Å². The van der Waals surface area contributed by atoms with E-state index in [9.17, 15) is 35.1 Å². The number of esters is 1. The Balaban J connectivity index is 2.03. The summed E-state index contributed by atoms with van der Waals surface area (Å²) >= 11 is 0. The molecule has 1 heterocycles. The molecule has 1 amide bonds. The maximum Gasteiger partial charge on any atom is 0.305 e. The summed E-state index contributed by atoms with van der Waals surface area (Å²) in [6.07, 6.45) is 58.7. The van der Waals surface area contributed by atoms with Crippen molar-refractivity contribution in [3.8, 4) is 0 Å². The minimum absolute atomic E-state index is 0.0210. The molecule has 1 rings (SSSR count). The number of nitrogens with one attached hydrogen (secondary N) is 1. The van der Waals surface area contributed by atoms with Gasteiger partial charge >= 0.3 is 5.97 Å². The van der Waals surface area contributed by atoms with Crippen LogP contribution in [0.3, 0.4) is 0 Å². The highest BCUT2D eigenvalue weighted by Crippen LogP contribution is 2.23. The lowest BCUT2D eigenvalue weighted by molar-refractivity contribution is -0.302. The summed E-state index contributed by atoms with van der Waals surface area (Å²) in [5.74, 6) is -0.228. The molecule has 6 N–H and O–H groups in total. The van der Waals surface area contributed by atoms with Gasteiger partial charge in [0.15, 0.2) is 6.29 Å². The van der Waals surface area contributed by atoms with E-state index in [1.807, 2.05) is 6.08 Å². The van der Waals surface area contributed by atoms with E-state index >= 15 is 0 Å². The van der Waals surface area contributed by atoms with Gasteiger partial charge in [0.1, 0.15) is 24.4 Å². The van der Waals surface area contributed by atoms with Crippen LogP contribution in [-0.2, 0) is 23.8 Å². The van der Waals surface area contributed by atoms with Crippen LogP contribution in [0.4, 0.5) is 0 Å². The fourth-order valence-corrected chi connectivity index (χ4v) is 8.91. The molecule has 0 aromatic heterocycles. The second-order valence-corrected chi connectivity index (χ2v) is 20.7. The topological polar surface area (TPSA) is 175 Å². The predicted octanol–water partition coefficient (Wildman–Crippen LogP) is 14.0. The molecule has 11 heteroatoms. The Labute approximate surface area is 451 Å². The molecule has 1 fully saturated rings. The van der Waals surface area contributed by atoms with Crippen LogP contribution < -0.4 is 5.32 Å². The maximum absolute atomic E-state index is 13.0. The van der Waals surface area contributed by atoms with Crippen molar-refractivity contribution in [3.63, 3.8) is 0 Å². The number of rotatable bonds is 51. The second-order valence-electron chi connectivity index (χ2n) is 20.7. The molecule has 7 atom stereocenters. The highest BCUT2D eigenvalue weighted by Gasteiger charge is 2.44. The van der Waals surface area contributed by atoms with Gasteiger partial charge in [-0.2, -0.15) is 0 Å². The lowest BCUT2D eigenvalue weighted by atomic mass is 9.99. The monoisotopic (exact) mass is 1040 g/mol. The number of hydrogen-bond acceptors (Lipinski definition) is 10. The van der Waals surface area contributed by atoms with Crippen LogP contribution >= 0.6 is 0 Å². The van der Waals surface area contributed by atoms with Gasteiger partial charge in [0, 0.05) is 12.8 Å². The molecule has 1 saturated heterocycles. The minimum Gasteiger partial charge on any atom is -0.466 e. The molecule has 74 heavy (non-hydrogen) atoms. The molecule has 428 valence electrons. The number of hydrogen-bond donors (Lipinski definition) is 6.